The van der Waals surface area contributed by atoms with Crippen molar-refractivity contribution >= 4 is 17.7 Å². The summed E-state index contributed by atoms with van der Waals surface area (Å²) in [4.78, 5) is 32.5. The van der Waals surface area contributed by atoms with Gasteiger partial charge in [0.1, 0.15) is 11.8 Å². The molecule has 0 aliphatic carbocycles. The Morgan fingerprint density at radius 3 is 2.13 bits per heavy atom. The van der Waals surface area contributed by atoms with Crippen molar-refractivity contribution in [2.24, 2.45) is 5.92 Å². The van der Waals surface area contributed by atoms with Crippen LogP contribution in [0.15, 0.2) is 0 Å². The molecule has 86 valence electrons. The predicted octanol–water partition coefficient (Wildman–Crippen LogP) is 0.581. The standard InChI is InChI=1S/C10H17NO4/c1-6(2)4-8(10(14)15)11-9(13)5-7(3)12/h6,8H,4-5H2,1-3H3,(H,11,13)(H,14,15)/t8-/m0/s1. The highest BCUT2D eigenvalue weighted by Crippen LogP contribution is 2.05. The number of hydrogen-bond donors (Lipinski definition) is 2. The van der Waals surface area contributed by atoms with Crippen LogP contribution in [0.4, 0.5) is 0 Å². The molecule has 0 aromatic rings. The van der Waals surface area contributed by atoms with Gasteiger partial charge in [-0.25, -0.2) is 4.79 Å². The molecule has 0 saturated heterocycles. The van der Waals surface area contributed by atoms with Crippen LogP contribution >= 0.6 is 0 Å². The van der Waals surface area contributed by atoms with Crippen LogP contribution in [0.3, 0.4) is 0 Å². The SMILES string of the molecule is CC(=O)CC(=O)N[C@@H](CC(C)C)C(=O)O. The summed E-state index contributed by atoms with van der Waals surface area (Å²) in [7, 11) is 0. The first-order chi connectivity index (χ1) is 6.82. The zero-order valence-corrected chi connectivity index (χ0v) is 9.24. The van der Waals surface area contributed by atoms with Crippen LogP contribution in [-0.4, -0.2) is 28.8 Å². The molecule has 0 aliphatic rings. The molecule has 0 fully saturated rings. The maximum atomic E-state index is 11.2. The Morgan fingerprint density at radius 2 is 1.80 bits per heavy atom. The van der Waals surface area contributed by atoms with Crippen molar-refractivity contribution in [3.05, 3.63) is 0 Å². The molecular weight excluding hydrogens is 198 g/mol. The second kappa shape index (κ2) is 6.16. The van der Waals surface area contributed by atoms with Crippen molar-refractivity contribution in [1.29, 1.82) is 0 Å². The molecule has 5 heteroatoms. The van der Waals surface area contributed by atoms with E-state index in [4.69, 9.17) is 5.11 Å². The van der Waals surface area contributed by atoms with Gasteiger partial charge in [0, 0.05) is 0 Å². The third-order valence-corrected chi connectivity index (χ3v) is 1.75. The first kappa shape index (κ1) is 13.6. The monoisotopic (exact) mass is 215 g/mol. The summed E-state index contributed by atoms with van der Waals surface area (Å²) in [5.74, 6) is -1.71. The van der Waals surface area contributed by atoms with Gasteiger partial charge >= 0.3 is 5.97 Å². The van der Waals surface area contributed by atoms with E-state index in [-0.39, 0.29) is 18.1 Å². The van der Waals surface area contributed by atoms with E-state index in [1.165, 1.54) is 6.92 Å². The molecule has 0 bridgehead atoms. The third kappa shape index (κ3) is 6.65. The molecule has 0 radical (unpaired) electrons. The first-order valence-corrected chi connectivity index (χ1v) is 4.84. The maximum Gasteiger partial charge on any atom is 0.326 e. The number of hydrogen-bond acceptors (Lipinski definition) is 3. The molecule has 1 atom stereocenters. The summed E-state index contributed by atoms with van der Waals surface area (Å²) in [6.07, 6.45) is 0.0981. The summed E-state index contributed by atoms with van der Waals surface area (Å²) in [5.41, 5.74) is 0. The number of ketones is 1. The van der Waals surface area contributed by atoms with Crippen LogP contribution in [0.2, 0.25) is 0 Å². The lowest BCUT2D eigenvalue weighted by atomic mass is 10.0. The van der Waals surface area contributed by atoms with Crippen LogP contribution < -0.4 is 5.32 Å². The fourth-order valence-corrected chi connectivity index (χ4v) is 1.16. The highest BCUT2D eigenvalue weighted by Gasteiger charge is 2.21. The predicted molar refractivity (Wildman–Crippen MR) is 54.3 cm³/mol. The normalized spacial score (nSPS) is 12.3. The number of carbonyl (C=O) groups excluding carboxylic acids is 2. The van der Waals surface area contributed by atoms with E-state index in [2.05, 4.69) is 5.32 Å². The van der Waals surface area contributed by atoms with Gasteiger partial charge in [0.05, 0.1) is 6.42 Å². The molecule has 5 nitrogen and oxygen atoms in total. The van der Waals surface area contributed by atoms with E-state index < -0.39 is 17.9 Å². The highest BCUT2D eigenvalue weighted by molar-refractivity contribution is 5.98. The number of carboxylic acids is 1. The third-order valence-electron chi connectivity index (χ3n) is 1.75. The minimum absolute atomic E-state index is 0.170. The Kier molecular flexibility index (Phi) is 5.59. The second-order valence-electron chi connectivity index (χ2n) is 3.97. The fourth-order valence-electron chi connectivity index (χ4n) is 1.16. The van der Waals surface area contributed by atoms with Gasteiger partial charge in [0.15, 0.2) is 0 Å². The number of Topliss-reactive ketones (excluding diaryl/α,β-unsaturated/α-hetero) is 1. The largest absolute Gasteiger partial charge is 0.480 e. The molecule has 1 amide bonds. The van der Waals surface area contributed by atoms with E-state index in [1.807, 2.05) is 13.8 Å². The summed E-state index contributed by atoms with van der Waals surface area (Å²) < 4.78 is 0. The Balaban J connectivity index is 4.22. The lowest BCUT2D eigenvalue weighted by Gasteiger charge is -2.15. The molecule has 0 aliphatic heterocycles. The molecule has 0 saturated carbocycles. The summed E-state index contributed by atoms with van der Waals surface area (Å²) >= 11 is 0. The van der Waals surface area contributed by atoms with Gasteiger partial charge in [-0.05, 0) is 19.3 Å². The van der Waals surface area contributed by atoms with Gasteiger partial charge in [-0.15, -0.1) is 0 Å². The van der Waals surface area contributed by atoms with Gasteiger partial charge in [0.25, 0.3) is 0 Å². The zero-order valence-electron chi connectivity index (χ0n) is 9.24. The highest BCUT2D eigenvalue weighted by atomic mass is 16.4. The van der Waals surface area contributed by atoms with Gasteiger partial charge < -0.3 is 10.4 Å². The van der Waals surface area contributed by atoms with Crippen molar-refractivity contribution in [2.45, 2.75) is 39.7 Å². The lowest BCUT2D eigenvalue weighted by Crippen LogP contribution is -2.42. The summed E-state index contributed by atoms with van der Waals surface area (Å²) in [6, 6.07) is -0.906. The number of carbonyl (C=O) groups is 3. The lowest BCUT2D eigenvalue weighted by molar-refractivity contribution is -0.142. The number of aliphatic carboxylic acids is 1. The van der Waals surface area contributed by atoms with Crippen LogP contribution in [-0.2, 0) is 14.4 Å². The van der Waals surface area contributed by atoms with Gasteiger partial charge in [-0.3, -0.25) is 9.59 Å². The molecule has 0 unspecified atom stereocenters. The van der Waals surface area contributed by atoms with E-state index in [9.17, 15) is 14.4 Å². The average Bonchev–Trinajstić information content (AvgIpc) is 1.99. The molecule has 0 heterocycles. The topological polar surface area (TPSA) is 83.5 Å². The quantitative estimate of drug-likeness (QED) is 0.635. The Hall–Kier alpha value is -1.39. The molecule has 0 spiro atoms. The van der Waals surface area contributed by atoms with Crippen LogP contribution in [0, 0.1) is 5.92 Å². The summed E-state index contributed by atoms with van der Waals surface area (Å²) in [5, 5.41) is 11.1. The van der Waals surface area contributed by atoms with Crippen LogP contribution in [0.25, 0.3) is 0 Å². The Labute approximate surface area is 88.9 Å². The average molecular weight is 215 g/mol. The Bertz CT molecular complexity index is 260. The molecule has 0 aromatic heterocycles. The zero-order chi connectivity index (χ0) is 12.0. The molecule has 15 heavy (non-hydrogen) atoms. The van der Waals surface area contributed by atoms with E-state index >= 15 is 0 Å². The van der Waals surface area contributed by atoms with E-state index in [1.54, 1.807) is 0 Å². The maximum absolute atomic E-state index is 11.2. The summed E-state index contributed by atoms with van der Waals surface area (Å²) in [6.45, 7) is 5.03. The van der Waals surface area contributed by atoms with Crippen LogP contribution in [0.1, 0.15) is 33.6 Å². The molecular formula is C10H17NO4. The minimum Gasteiger partial charge on any atom is -0.480 e. The molecule has 2 N–H and O–H groups in total. The van der Waals surface area contributed by atoms with E-state index in [0.29, 0.717) is 6.42 Å². The second-order valence-corrected chi connectivity index (χ2v) is 3.97. The number of rotatable bonds is 6. The molecule has 0 aromatic carbocycles. The van der Waals surface area contributed by atoms with Crippen molar-refractivity contribution in [2.75, 3.05) is 0 Å². The van der Waals surface area contributed by atoms with E-state index in [0.717, 1.165) is 0 Å². The fraction of sp³-hybridized carbons (Fsp3) is 0.700. The molecule has 0 rings (SSSR count). The Morgan fingerprint density at radius 1 is 1.27 bits per heavy atom. The number of carboxylic acid groups (broad SMARTS) is 1. The minimum atomic E-state index is -1.07. The van der Waals surface area contributed by atoms with Crippen molar-refractivity contribution in [1.82, 2.24) is 5.32 Å². The van der Waals surface area contributed by atoms with Gasteiger partial charge in [-0.2, -0.15) is 0 Å². The van der Waals surface area contributed by atoms with Gasteiger partial charge in [0.2, 0.25) is 5.91 Å². The van der Waals surface area contributed by atoms with Crippen molar-refractivity contribution in [3.63, 3.8) is 0 Å². The van der Waals surface area contributed by atoms with Crippen LogP contribution in [0.5, 0.6) is 0 Å². The first-order valence-electron chi connectivity index (χ1n) is 4.84. The van der Waals surface area contributed by atoms with Crippen molar-refractivity contribution in [3.8, 4) is 0 Å². The van der Waals surface area contributed by atoms with Crippen molar-refractivity contribution < 1.29 is 19.5 Å². The number of amides is 1. The van der Waals surface area contributed by atoms with Gasteiger partial charge in [-0.1, -0.05) is 13.8 Å². The number of nitrogens with one attached hydrogen (secondary N) is 1. The smallest absolute Gasteiger partial charge is 0.326 e.